The largest absolute Gasteiger partial charge is 0.289 e. The minimum absolute atomic E-state index is 0.0874. The summed E-state index contributed by atoms with van der Waals surface area (Å²) in [5, 5.41) is 2.17. The van der Waals surface area contributed by atoms with E-state index in [9.17, 15) is 4.79 Å². The topological polar surface area (TPSA) is 17.1 Å². The molecule has 0 saturated carbocycles. The van der Waals surface area contributed by atoms with Crippen molar-refractivity contribution in [2.75, 3.05) is 0 Å². The van der Waals surface area contributed by atoms with Crippen molar-refractivity contribution in [3.63, 3.8) is 0 Å². The molecule has 0 aliphatic heterocycles. The number of rotatable bonds is 4. The third-order valence-corrected chi connectivity index (χ3v) is 3.76. The highest BCUT2D eigenvalue weighted by atomic mass is 16.1. The zero-order valence-electron chi connectivity index (χ0n) is 12.2. The minimum Gasteiger partial charge on any atom is -0.289 e. The highest BCUT2D eigenvalue weighted by Crippen LogP contribution is 2.23. The van der Waals surface area contributed by atoms with Crippen LogP contribution in [-0.4, -0.2) is 5.78 Å². The lowest BCUT2D eigenvalue weighted by molar-refractivity contribution is 0.104. The van der Waals surface area contributed by atoms with Gasteiger partial charge in [-0.15, -0.1) is 0 Å². The van der Waals surface area contributed by atoms with Crippen molar-refractivity contribution in [3.8, 4) is 0 Å². The third-order valence-electron chi connectivity index (χ3n) is 3.76. The van der Waals surface area contributed by atoms with Crippen LogP contribution >= 0.6 is 0 Å². The average molecular weight is 274 g/mol. The van der Waals surface area contributed by atoms with E-state index >= 15 is 0 Å². The monoisotopic (exact) mass is 274 g/mol. The van der Waals surface area contributed by atoms with Gasteiger partial charge in [0.15, 0.2) is 5.78 Å². The molecular weight excluding hydrogens is 256 g/mol. The molecule has 0 unspecified atom stereocenters. The van der Waals surface area contributed by atoms with Gasteiger partial charge < -0.3 is 0 Å². The number of carbonyl (C=O) groups excluding carboxylic acids is 1. The van der Waals surface area contributed by atoms with Crippen LogP contribution in [0.25, 0.3) is 10.8 Å². The van der Waals surface area contributed by atoms with E-state index in [1.807, 2.05) is 42.5 Å². The number of hydrogen-bond acceptors (Lipinski definition) is 1. The van der Waals surface area contributed by atoms with Gasteiger partial charge in [-0.25, -0.2) is 0 Å². The summed E-state index contributed by atoms with van der Waals surface area (Å²) in [5.74, 6) is 0.0874. The van der Waals surface area contributed by atoms with Crippen LogP contribution in [-0.2, 0) is 6.42 Å². The molecule has 1 heteroatoms. The summed E-state index contributed by atoms with van der Waals surface area (Å²) in [4.78, 5) is 12.7. The molecule has 0 amide bonds. The molecule has 3 aromatic carbocycles. The Morgan fingerprint density at radius 3 is 2.48 bits per heavy atom. The second kappa shape index (κ2) is 5.92. The Kier molecular flexibility index (Phi) is 3.83. The zero-order valence-corrected chi connectivity index (χ0v) is 12.2. The van der Waals surface area contributed by atoms with Crippen LogP contribution < -0.4 is 0 Å². The van der Waals surface area contributed by atoms with Gasteiger partial charge in [0.25, 0.3) is 0 Å². The highest BCUT2D eigenvalue weighted by Gasteiger charge is 2.12. The summed E-state index contributed by atoms with van der Waals surface area (Å²) >= 11 is 0. The lowest BCUT2D eigenvalue weighted by atomic mass is 9.95. The van der Waals surface area contributed by atoms with Crippen LogP contribution in [0, 0.1) is 0 Å². The van der Waals surface area contributed by atoms with Crippen LogP contribution in [0.3, 0.4) is 0 Å². The van der Waals surface area contributed by atoms with Crippen LogP contribution in [0.5, 0.6) is 0 Å². The van der Waals surface area contributed by atoms with Gasteiger partial charge in [0.05, 0.1) is 0 Å². The summed E-state index contributed by atoms with van der Waals surface area (Å²) in [5.41, 5.74) is 2.85. The smallest absolute Gasteiger partial charge is 0.193 e. The molecule has 0 N–H and O–H groups in total. The van der Waals surface area contributed by atoms with Gasteiger partial charge in [-0.05, 0) is 22.8 Å². The molecule has 1 nitrogen and oxygen atoms in total. The minimum atomic E-state index is 0.0874. The van der Waals surface area contributed by atoms with Gasteiger partial charge in [-0.1, -0.05) is 80.1 Å². The van der Waals surface area contributed by atoms with E-state index in [1.54, 1.807) is 0 Å². The number of benzene rings is 3. The number of hydrogen-bond donors (Lipinski definition) is 0. The van der Waals surface area contributed by atoms with Crippen LogP contribution in [0.15, 0.2) is 66.7 Å². The Bertz CT molecular complexity index is 772. The fourth-order valence-electron chi connectivity index (χ4n) is 2.72. The van der Waals surface area contributed by atoms with Crippen molar-refractivity contribution in [2.45, 2.75) is 19.8 Å². The van der Waals surface area contributed by atoms with E-state index in [0.717, 1.165) is 34.7 Å². The van der Waals surface area contributed by atoms with E-state index in [-0.39, 0.29) is 5.78 Å². The summed E-state index contributed by atoms with van der Waals surface area (Å²) in [6.07, 6.45) is 2.21. The first kappa shape index (κ1) is 13.6. The van der Waals surface area contributed by atoms with Crippen molar-refractivity contribution in [3.05, 3.63) is 83.4 Å². The normalized spacial score (nSPS) is 10.7. The maximum absolute atomic E-state index is 12.7. The van der Waals surface area contributed by atoms with Gasteiger partial charge in [-0.2, -0.15) is 0 Å². The first-order chi connectivity index (χ1) is 10.3. The van der Waals surface area contributed by atoms with E-state index in [0.29, 0.717) is 0 Å². The van der Waals surface area contributed by atoms with E-state index in [4.69, 9.17) is 0 Å². The first-order valence-electron chi connectivity index (χ1n) is 7.41. The van der Waals surface area contributed by atoms with Gasteiger partial charge in [0.2, 0.25) is 0 Å². The molecule has 0 heterocycles. The average Bonchev–Trinajstić information content (AvgIpc) is 2.54. The molecule has 0 aliphatic carbocycles. The lowest BCUT2D eigenvalue weighted by Gasteiger charge is -2.08. The molecule has 0 saturated heterocycles. The molecule has 0 aromatic heterocycles. The number of aryl methyl sites for hydroxylation is 1. The predicted molar refractivity (Wildman–Crippen MR) is 87.8 cm³/mol. The molecule has 21 heavy (non-hydrogen) atoms. The zero-order chi connectivity index (χ0) is 14.7. The Labute approximate surface area is 125 Å². The third kappa shape index (κ3) is 2.73. The Morgan fingerprint density at radius 1 is 0.905 bits per heavy atom. The Morgan fingerprint density at radius 2 is 1.71 bits per heavy atom. The molecule has 104 valence electrons. The molecule has 0 fully saturated rings. The molecule has 3 rings (SSSR count). The van der Waals surface area contributed by atoms with E-state index in [1.165, 1.54) is 5.56 Å². The predicted octanol–water partition coefficient (Wildman–Crippen LogP) is 5.02. The van der Waals surface area contributed by atoms with E-state index < -0.39 is 0 Å². The fraction of sp³-hybridized carbons (Fsp3) is 0.150. The Hall–Kier alpha value is -2.41. The molecule has 0 atom stereocenters. The maximum Gasteiger partial charge on any atom is 0.193 e. The standard InChI is InChI=1S/C20H18O/c1-2-7-15-12-13-18-17(14-15)10-6-11-19(18)20(21)16-8-4-3-5-9-16/h3-6,8-14H,2,7H2,1H3. The van der Waals surface area contributed by atoms with Gasteiger partial charge in [0, 0.05) is 11.1 Å². The van der Waals surface area contributed by atoms with Crippen molar-refractivity contribution in [1.29, 1.82) is 0 Å². The SMILES string of the molecule is CCCc1ccc2c(C(=O)c3ccccc3)cccc2c1. The lowest BCUT2D eigenvalue weighted by Crippen LogP contribution is -2.01. The maximum atomic E-state index is 12.7. The molecule has 0 spiro atoms. The van der Waals surface area contributed by atoms with Crippen LogP contribution in [0.4, 0.5) is 0 Å². The molecule has 0 aliphatic rings. The molecular formula is C20H18O. The summed E-state index contributed by atoms with van der Waals surface area (Å²) < 4.78 is 0. The van der Waals surface area contributed by atoms with Gasteiger partial charge in [0.1, 0.15) is 0 Å². The summed E-state index contributed by atoms with van der Waals surface area (Å²) in [6.45, 7) is 2.18. The summed E-state index contributed by atoms with van der Waals surface area (Å²) in [7, 11) is 0. The highest BCUT2D eigenvalue weighted by molar-refractivity contribution is 6.16. The van der Waals surface area contributed by atoms with Crippen molar-refractivity contribution < 1.29 is 4.79 Å². The first-order valence-corrected chi connectivity index (χ1v) is 7.41. The second-order valence-corrected chi connectivity index (χ2v) is 5.31. The van der Waals surface area contributed by atoms with Crippen molar-refractivity contribution in [1.82, 2.24) is 0 Å². The molecule has 0 radical (unpaired) electrons. The van der Waals surface area contributed by atoms with Crippen LogP contribution in [0.1, 0.15) is 34.8 Å². The van der Waals surface area contributed by atoms with Crippen molar-refractivity contribution in [2.24, 2.45) is 0 Å². The fourth-order valence-corrected chi connectivity index (χ4v) is 2.72. The van der Waals surface area contributed by atoms with Crippen LogP contribution in [0.2, 0.25) is 0 Å². The number of ketones is 1. The second-order valence-electron chi connectivity index (χ2n) is 5.31. The molecule has 3 aromatic rings. The van der Waals surface area contributed by atoms with E-state index in [2.05, 4.69) is 31.2 Å². The Balaban J connectivity index is 2.09. The van der Waals surface area contributed by atoms with Crippen molar-refractivity contribution >= 4 is 16.6 Å². The number of carbonyl (C=O) groups is 1. The quantitative estimate of drug-likeness (QED) is 0.610. The number of fused-ring (bicyclic) bond motifs is 1. The summed E-state index contributed by atoms with van der Waals surface area (Å²) in [6, 6.07) is 21.8. The van der Waals surface area contributed by atoms with Gasteiger partial charge >= 0.3 is 0 Å². The van der Waals surface area contributed by atoms with Gasteiger partial charge in [-0.3, -0.25) is 4.79 Å². The molecule has 0 bridgehead atoms.